The first-order valence-electron chi connectivity index (χ1n) is 7.77. The SMILES string of the molecule is I.NC(=NCCc1nc(-c2ccco2)n[nH]1)Nc1ccc(OC(F)(F)F)cc1. The van der Waals surface area contributed by atoms with Crippen molar-refractivity contribution in [3.05, 3.63) is 48.5 Å². The second-order valence-corrected chi connectivity index (χ2v) is 5.30. The molecule has 150 valence electrons. The Bertz CT molecular complexity index is 894. The quantitative estimate of drug-likeness (QED) is 0.267. The van der Waals surface area contributed by atoms with Crippen LogP contribution in [0.25, 0.3) is 11.6 Å². The molecule has 0 atom stereocenters. The molecule has 0 aliphatic rings. The molecule has 0 unspecified atom stereocenters. The molecule has 0 bridgehead atoms. The number of nitrogens with zero attached hydrogens (tertiary/aromatic N) is 3. The Morgan fingerprint density at radius 1 is 1.25 bits per heavy atom. The highest BCUT2D eigenvalue weighted by atomic mass is 127. The Morgan fingerprint density at radius 2 is 2.00 bits per heavy atom. The van der Waals surface area contributed by atoms with Crippen LogP contribution in [-0.4, -0.2) is 34.0 Å². The predicted octanol–water partition coefficient (Wildman–Crippen LogP) is 3.55. The van der Waals surface area contributed by atoms with Gasteiger partial charge in [-0.1, -0.05) is 0 Å². The predicted molar refractivity (Wildman–Crippen MR) is 106 cm³/mol. The topological polar surface area (TPSA) is 114 Å². The Morgan fingerprint density at radius 3 is 2.64 bits per heavy atom. The molecule has 0 aliphatic heterocycles. The minimum atomic E-state index is -4.73. The molecule has 4 N–H and O–H groups in total. The molecule has 3 rings (SSSR count). The Kier molecular flexibility index (Phi) is 7.25. The maximum atomic E-state index is 12.1. The fourth-order valence-electron chi connectivity index (χ4n) is 2.13. The molecule has 2 aromatic heterocycles. The number of aromatic nitrogens is 3. The van der Waals surface area contributed by atoms with Crippen LogP contribution in [0.15, 0.2) is 52.1 Å². The van der Waals surface area contributed by atoms with Gasteiger partial charge in [0.25, 0.3) is 0 Å². The second-order valence-electron chi connectivity index (χ2n) is 5.30. The number of benzene rings is 1. The molecule has 0 fully saturated rings. The van der Waals surface area contributed by atoms with E-state index >= 15 is 0 Å². The summed E-state index contributed by atoms with van der Waals surface area (Å²) in [7, 11) is 0. The van der Waals surface area contributed by atoms with Crippen molar-refractivity contribution >= 4 is 35.6 Å². The summed E-state index contributed by atoms with van der Waals surface area (Å²) in [6.45, 7) is 0.334. The number of H-pyrrole nitrogens is 1. The zero-order valence-electron chi connectivity index (χ0n) is 14.2. The normalized spacial score (nSPS) is 11.8. The summed E-state index contributed by atoms with van der Waals surface area (Å²) < 4.78 is 45.4. The van der Waals surface area contributed by atoms with Crippen LogP contribution in [0.4, 0.5) is 18.9 Å². The van der Waals surface area contributed by atoms with Crippen molar-refractivity contribution in [2.75, 3.05) is 11.9 Å². The lowest BCUT2D eigenvalue weighted by molar-refractivity contribution is -0.274. The van der Waals surface area contributed by atoms with Crippen molar-refractivity contribution in [2.45, 2.75) is 12.8 Å². The largest absolute Gasteiger partial charge is 0.573 e. The first-order chi connectivity index (χ1) is 12.9. The van der Waals surface area contributed by atoms with Gasteiger partial charge >= 0.3 is 6.36 Å². The Hall–Kier alpha value is -2.77. The molecule has 12 heteroatoms. The molecule has 28 heavy (non-hydrogen) atoms. The maximum absolute atomic E-state index is 12.1. The summed E-state index contributed by atoms with van der Waals surface area (Å²) >= 11 is 0. The molecule has 0 saturated carbocycles. The van der Waals surface area contributed by atoms with Gasteiger partial charge in [-0.15, -0.1) is 37.1 Å². The number of nitrogens with two attached hydrogens (primary N) is 1. The summed E-state index contributed by atoms with van der Waals surface area (Å²) in [5.74, 6) is 1.42. The summed E-state index contributed by atoms with van der Waals surface area (Å²) in [6.07, 6.45) is -2.73. The van der Waals surface area contributed by atoms with Gasteiger partial charge in [0.15, 0.2) is 11.7 Å². The Balaban J connectivity index is 0.00000280. The number of anilines is 1. The van der Waals surface area contributed by atoms with Crippen LogP contribution >= 0.6 is 24.0 Å². The highest BCUT2D eigenvalue weighted by Crippen LogP contribution is 2.23. The molecule has 0 radical (unpaired) electrons. The number of aliphatic imine (C=N–C) groups is 1. The highest BCUT2D eigenvalue weighted by Gasteiger charge is 2.30. The average molecular weight is 508 g/mol. The third kappa shape index (κ3) is 6.44. The van der Waals surface area contributed by atoms with Gasteiger partial charge in [0, 0.05) is 18.7 Å². The standard InChI is InChI=1S/C16H15F3N6O2.HI/c17-16(18,19)27-11-5-3-10(4-6-11)22-15(20)21-8-7-13-23-14(25-24-13)12-2-1-9-26-12;/h1-6,9H,7-8H2,(H3,20,21,22)(H,23,24,25);1H. The number of alkyl halides is 3. The summed E-state index contributed by atoms with van der Waals surface area (Å²) in [4.78, 5) is 8.41. The van der Waals surface area contributed by atoms with Crippen molar-refractivity contribution in [3.8, 4) is 17.3 Å². The smallest absolute Gasteiger partial charge is 0.461 e. The van der Waals surface area contributed by atoms with Crippen LogP contribution < -0.4 is 15.8 Å². The van der Waals surface area contributed by atoms with Crippen LogP contribution in [0, 0.1) is 0 Å². The van der Waals surface area contributed by atoms with Crippen LogP contribution in [0.3, 0.4) is 0 Å². The lowest BCUT2D eigenvalue weighted by Gasteiger charge is -2.10. The van der Waals surface area contributed by atoms with Gasteiger partial charge < -0.3 is 20.2 Å². The van der Waals surface area contributed by atoms with E-state index in [9.17, 15) is 13.2 Å². The van der Waals surface area contributed by atoms with Gasteiger partial charge in [0.1, 0.15) is 11.6 Å². The van der Waals surface area contributed by atoms with E-state index in [1.807, 2.05) is 0 Å². The van der Waals surface area contributed by atoms with Crippen molar-refractivity contribution in [2.24, 2.45) is 10.7 Å². The molecule has 2 heterocycles. The van der Waals surface area contributed by atoms with Crippen molar-refractivity contribution in [1.82, 2.24) is 15.2 Å². The van der Waals surface area contributed by atoms with Crippen LogP contribution in [0.2, 0.25) is 0 Å². The van der Waals surface area contributed by atoms with E-state index in [4.69, 9.17) is 10.2 Å². The van der Waals surface area contributed by atoms with E-state index in [0.717, 1.165) is 0 Å². The minimum Gasteiger partial charge on any atom is -0.461 e. The number of nitrogens with one attached hydrogen (secondary N) is 2. The lowest BCUT2D eigenvalue weighted by Crippen LogP contribution is -2.23. The molecule has 0 saturated heterocycles. The van der Waals surface area contributed by atoms with Crippen LogP contribution in [0.1, 0.15) is 5.82 Å². The minimum absolute atomic E-state index is 0. The van der Waals surface area contributed by atoms with Crippen molar-refractivity contribution in [1.29, 1.82) is 0 Å². The van der Waals surface area contributed by atoms with E-state index in [1.165, 1.54) is 30.5 Å². The first-order valence-corrected chi connectivity index (χ1v) is 7.77. The van der Waals surface area contributed by atoms with E-state index in [2.05, 4.69) is 30.2 Å². The molecule has 0 aliphatic carbocycles. The maximum Gasteiger partial charge on any atom is 0.573 e. The molecule has 1 aromatic carbocycles. The summed E-state index contributed by atoms with van der Waals surface area (Å²) in [6, 6.07) is 8.63. The number of furan rings is 1. The monoisotopic (exact) mass is 508 g/mol. The number of hydrogen-bond acceptors (Lipinski definition) is 5. The van der Waals surface area contributed by atoms with E-state index < -0.39 is 6.36 Å². The van der Waals surface area contributed by atoms with Gasteiger partial charge in [-0.05, 0) is 36.4 Å². The highest BCUT2D eigenvalue weighted by molar-refractivity contribution is 14.0. The third-order valence-electron chi connectivity index (χ3n) is 3.26. The zero-order valence-corrected chi connectivity index (χ0v) is 16.6. The number of rotatable bonds is 6. The second kappa shape index (κ2) is 9.43. The first kappa shape index (κ1) is 21.5. The molecule has 0 spiro atoms. The summed E-state index contributed by atoms with van der Waals surface area (Å²) in [5, 5.41) is 9.60. The molecule has 3 aromatic rings. The molecular formula is C16H16F3IN6O2. The van der Waals surface area contributed by atoms with Crippen molar-refractivity contribution < 1.29 is 22.3 Å². The van der Waals surface area contributed by atoms with Gasteiger partial charge in [0.2, 0.25) is 5.82 Å². The van der Waals surface area contributed by atoms with Crippen LogP contribution in [0.5, 0.6) is 5.75 Å². The van der Waals surface area contributed by atoms with Gasteiger partial charge in [-0.2, -0.15) is 5.10 Å². The van der Waals surface area contributed by atoms with E-state index in [1.54, 1.807) is 12.1 Å². The van der Waals surface area contributed by atoms with E-state index in [0.29, 0.717) is 36.1 Å². The number of hydrogen-bond donors (Lipinski definition) is 3. The molecular weight excluding hydrogens is 492 g/mol. The van der Waals surface area contributed by atoms with Crippen LogP contribution in [-0.2, 0) is 6.42 Å². The number of halogens is 4. The van der Waals surface area contributed by atoms with Crippen molar-refractivity contribution in [3.63, 3.8) is 0 Å². The third-order valence-corrected chi connectivity index (χ3v) is 3.26. The lowest BCUT2D eigenvalue weighted by atomic mass is 10.3. The molecule has 0 amide bonds. The van der Waals surface area contributed by atoms with Gasteiger partial charge in [-0.3, -0.25) is 10.1 Å². The van der Waals surface area contributed by atoms with Gasteiger partial charge in [0.05, 0.1) is 6.26 Å². The molecule has 8 nitrogen and oxygen atoms in total. The average Bonchev–Trinajstić information content (AvgIpc) is 3.26. The number of ether oxygens (including phenoxy) is 1. The number of guanidine groups is 1. The van der Waals surface area contributed by atoms with E-state index in [-0.39, 0.29) is 35.7 Å². The Labute approximate surface area is 174 Å². The number of aromatic amines is 1. The van der Waals surface area contributed by atoms with Gasteiger partial charge in [-0.25, -0.2) is 4.98 Å². The zero-order chi connectivity index (χ0) is 19.3. The fourth-order valence-corrected chi connectivity index (χ4v) is 2.13. The summed E-state index contributed by atoms with van der Waals surface area (Å²) in [5.41, 5.74) is 6.24. The fraction of sp³-hybridized carbons (Fsp3) is 0.188.